The molecule has 2 heterocycles. The molecule has 4 rings (SSSR count). The Hall–Kier alpha value is -3.45. The van der Waals surface area contributed by atoms with Gasteiger partial charge in [0.05, 0.1) is 18.7 Å². The third kappa shape index (κ3) is 5.87. The molecule has 2 amide bonds. The number of rotatable bonds is 8. The van der Waals surface area contributed by atoms with Crippen molar-refractivity contribution in [3.8, 4) is 11.3 Å². The van der Waals surface area contributed by atoms with Crippen LogP contribution < -0.4 is 5.32 Å². The lowest BCUT2D eigenvalue weighted by Gasteiger charge is -2.34. The highest BCUT2D eigenvalue weighted by Gasteiger charge is 2.27. The van der Waals surface area contributed by atoms with E-state index in [4.69, 9.17) is 5.10 Å². The van der Waals surface area contributed by atoms with Gasteiger partial charge in [0.25, 0.3) is 5.91 Å². The zero-order valence-electron chi connectivity index (χ0n) is 19.1. The molecule has 2 aromatic carbocycles. The van der Waals surface area contributed by atoms with E-state index in [1.807, 2.05) is 71.2 Å². The van der Waals surface area contributed by atoms with Crippen molar-refractivity contribution in [3.05, 3.63) is 78.0 Å². The number of nitrogens with one attached hydrogen (secondary N) is 1. The van der Waals surface area contributed by atoms with Crippen molar-refractivity contribution < 1.29 is 9.59 Å². The number of carbonyl (C=O) groups is 2. The summed E-state index contributed by atoms with van der Waals surface area (Å²) in [6, 6.07) is 20.0. The van der Waals surface area contributed by atoms with Crippen molar-refractivity contribution in [1.82, 2.24) is 24.9 Å². The van der Waals surface area contributed by atoms with Gasteiger partial charge in [-0.2, -0.15) is 5.10 Å². The Labute approximate surface area is 195 Å². The fourth-order valence-corrected chi connectivity index (χ4v) is 4.04. The zero-order chi connectivity index (χ0) is 23.0. The van der Waals surface area contributed by atoms with Crippen LogP contribution in [-0.2, 0) is 11.3 Å². The Morgan fingerprint density at radius 3 is 2.27 bits per heavy atom. The van der Waals surface area contributed by atoms with E-state index in [-0.39, 0.29) is 11.8 Å². The van der Waals surface area contributed by atoms with E-state index in [1.165, 1.54) is 0 Å². The Morgan fingerprint density at radius 1 is 0.939 bits per heavy atom. The molecule has 1 saturated heterocycles. The molecular weight excluding hydrogens is 414 g/mol. The maximum atomic E-state index is 13.5. The van der Waals surface area contributed by atoms with E-state index in [9.17, 15) is 9.59 Å². The average molecular weight is 446 g/mol. The van der Waals surface area contributed by atoms with Crippen molar-refractivity contribution >= 4 is 11.8 Å². The fourth-order valence-electron chi connectivity index (χ4n) is 4.04. The summed E-state index contributed by atoms with van der Waals surface area (Å²) in [4.78, 5) is 29.5. The highest BCUT2D eigenvalue weighted by atomic mass is 16.2. The Bertz CT molecular complexity index is 1060. The van der Waals surface area contributed by atoms with Gasteiger partial charge in [0, 0.05) is 44.5 Å². The third-order valence-electron chi connectivity index (χ3n) is 5.83. The molecule has 0 atom stereocenters. The van der Waals surface area contributed by atoms with E-state index >= 15 is 0 Å². The van der Waals surface area contributed by atoms with Gasteiger partial charge in [-0.05, 0) is 12.0 Å². The lowest BCUT2D eigenvalue weighted by molar-refractivity contribution is -0.122. The second kappa shape index (κ2) is 10.9. The molecular formula is C26H31N5O2. The largest absolute Gasteiger partial charge is 0.355 e. The predicted octanol–water partition coefficient (Wildman–Crippen LogP) is 2.88. The molecule has 3 aromatic rings. The van der Waals surface area contributed by atoms with E-state index in [0.717, 1.165) is 17.5 Å². The summed E-state index contributed by atoms with van der Waals surface area (Å²) in [5.74, 6) is 0.0356. The maximum Gasteiger partial charge on any atom is 0.257 e. The number of hydrogen-bond acceptors (Lipinski definition) is 4. The number of carbonyl (C=O) groups excluding carboxylic acids is 2. The van der Waals surface area contributed by atoms with E-state index in [1.54, 1.807) is 0 Å². The first-order chi connectivity index (χ1) is 16.1. The van der Waals surface area contributed by atoms with Gasteiger partial charge in [-0.3, -0.25) is 19.2 Å². The normalized spacial score (nSPS) is 14.3. The molecule has 1 aromatic heterocycles. The van der Waals surface area contributed by atoms with Crippen LogP contribution in [-0.4, -0.2) is 70.7 Å². The molecule has 1 N–H and O–H groups in total. The van der Waals surface area contributed by atoms with Crippen LogP contribution in [0.25, 0.3) is 11.3 Å². The first-order valence-corrected chi connectivity index (χ1v) is 11.6. The Balaban J connectivity index is 1.48. The summed E-state index contributed by atoms with van der Waals surface area (Å²) in [5, 5.41) is 7.70. The Kier molecular flexibility index (Phi) is 7.52. The molecule has 1 fully saturated rings. The van der Waals surface area contributed by atoms with Gasteiger partial charge in [-0.25, -0.2) is 0 Å². The predicted molar refractivity (Wildman–Crippen MR) is 129 cm³/mol. The lowest BCUT2D eigenvalue weighted by atomic mass is 10.1. The van der Waals surface area contributed by atoms with Crippen molar-refractivity contribution in [2.75, 3.05) is 39.3 Å². The van der Waals surface area contributed by atoms with Gasteiger partial charge in [0.15, 0.2) is 0 Å². The highest BCUT2D eigenvalue weighted by Crippen LogP contribution is 2.24. The van der Waals surface area contributed by atoms with Crippen LogP contribution in [0.4, 0.5) is 0 Å². The molecule has 33 heavy (non-hydrogen) atoms. The molecule has 1 aliphatic heterocycles. The van der Waals surface area contributed by atoms with Gasteiger partial charge >= 0.3 is 0 Å². The summed E-state index contributed by atoms with van der Waals surface area (Å²) in [5.41, 5.74) is 3.39. The second-order valence-electron chi connectivity index (χ2n) is 8.36. The summed E-state index contributed by atoms with van der Waals surface area (Å²) in [6.45, 7) is 6.29. The number of nitrogens with zero attached hydrogens (tertiary/aromatic N) is 4. The summed E-state index contributed by atoms with van der Waals surface area (Å²) in [7, 11) is 0. The molecule has 0 saturated carbocycles. The molecule has 172 valence electrons. The van der Waals surface area contributed by atoms with Gasteiger partial charge < -0.3 is 10.2 Å². The summed E-state index contributed by atoms with van der Waals surface area (Å²) in [6.07, 6.45) is 2.79. The second-order valence-corrected chi connectivity index (χ2v) is 8.36. The average Bonchev–Trinajstić information content (AvgIpc) is 3.27. The van der Waals surface area contributed by atoms with E-state index in [0.29, 0.717) is 57.1 Å². The van der Waals surface area contributed by atoms with Crippen LogP contribution in [0.2, 0.25) is 0 Å². The van der Waals surface area contributed by atoms with Gasteiger partial charge in [0.1, 0.15) is 5.69 Å². The van der Waals surface area contributed by atoms with Crippen LogP contribution >= 0.6 is 0 Å². The monoisotopic (exact) mass is 445 g/mol. The van der Waals surface area contributed by atoms with Crippen molar-refractivity contribution in [2.24, 2.45) is 0 Å². The molecule has 0 bridgehead atoms. The third-order valence-corrected chi connectivity index (χ3v) is 5.83. The smallest absolute Gasteiger partial charge is 0.257 e. The molecule has 0 radical (unpaired) electrons. The van der Waals surface area contributed by atoms with Gasteiger partial charge in [-0.15, -0.1) is 0 Å². The molecule has 7 nitrogen and oxygen atoms in total. The van der Waals surface area contributed by atoms with Gasteiger partial charge in [-0.1, -0.05) is 67.6 Å². The zero-order valence-corrected chi connectivity index (χ0v) is 19.1. The number of piperazine rings is 1. The van der Waals surface area contributed by atoms with Gasteiger partial charge in [0.2, 0.25) is 5.91 Å². The molecule has 0 aliphatic carbocycles. The molecule has 1 aliphatic rings. The van der Waals surface area contributed by atoms with Crippen LogP contribution in [0, 0.1) is 0 Å². The quantitative estimate of drug-likeness (QED) is 0.579. The number of hydrogen-bond donors (Lipinski definition) is 1. The topological polar surface area (TPSA) is 70.5 Å². The molecule has 0 unspecified atom stereocenters. The molecule has 7 heteroatoms. The SMILES string of the molecule is CCCNC(=O)CN1CCN(C(=O)c2cn(Cc3ccccc3)nc2-c2ccccc2)CC1. The number of benzene rings is 2. The fraction of sp³-hybridized carbons (Fsp3) is 0.346. The van der Waals surface area contributed by atoms with Crippen LogP contribution in [0.5, 0.6) is 0 Å². The summed E-state index contributed by atoms with van der Waals surface area (Å²) >= 11 is 0. The molecule has 0 spiro atoms. The van der Waals surface area contributed by atoms with Crippen molar-refractivity contribution in [3.63, 3.8) is 0 Å². The van der Waals surface area contributed by atoms with Crippen molar-refractivity contribution in [1.29, 1.82) is 0 Å². The van der Waals surface area contributed by atoms with Crippen LogP contribution in [0.1, 0.15) is 29.3 Å². The first kappa shape index (κ1) is 22.7. The Morgan fingerprint density at radius 2 is 1.61 bits per heavy atom. The maximum absolute atomic E-state index is 13.5. The highest BCUT2D eigenvalue weighted by molar-refractivity contribution is 5.99. The van der Waals surface area contributed by atoms with Crippen LogP contribution in [0.3, 0.4) is 0 Å². The standard InChI is InChI=1S/C26H31N5O2/c1-2-13-27-24(32)20-29-14-16-30(17-15-29)26(33)23-19-31(18-21-9-5-3-6-10-21)28-25(23)22-11-7-4-8-12-22/h3-12,19H,2,13-18,20H2,1H3,(H,27,32). The van der Waals surface area contributed by atoms with E-state index < -0.39 is 0 Å². The first-order valence-electron chi connectivity index (χ1n) is 11.6. The minimum Gasteiger partial charge on any atom is -0.355 e. The van der Waals surface area contributed by atoms with Crippen molar-refractivity contribution in [2.45, 2.75) is 19.9 Å². The summed E-state index contributed by atoms with van der Waals surface area (Å²) < 4.78 is 1.85. The van der Waals surface area contributed by atoms with Crippen LogP contribution in [0.15, 0.2) is 66.9 Å². The minimum atomic E-state index is -0.0109. The van der Waals surface area contributed by atoms with E-state index in [2.05, 4.69) is 22.3 Å². The lowest BCUT2D eigenvalue weighted by Crippen LogP contribution is -2.51. The number of amides is 2. The minimum absolute atomic E-state index is 0.0109. The number of aromatic nitrogens is 2.